The van der Waals surface area contributed by atoms with Gasteiger partial charge in [0.05, 0.1) is 6.61 Å². The highest BCUT2D eigenvalue weighted by atomic mass is 35.5. The quantitative estimate of drug-likeness (QED) is 0.887. The predicted molar refractivity (Wildman–Crippen MR) is 93.6 cm³/mol. The molecule has 1 fully saturated rings. The third kappa shape index (κ3) is 4.25. The van der Waals surface area contributed by atoms with Gasteiger partial charge in [-0.25, -0.2) is 0 Å². The molecule has 1 aromatic rings. The monoisotopic (exact) mass is 338 g/mol. The number of carbonyl (C=O) groups is 1. The van der Waals surface area contributed by atoms with Crippen LogP contribution in [0.25, 0.3) is 0 Å². The van der Waals surface area contributed by atoms with Crippen molar-refractivity contribution in [3.05, 3.63) is 35.4 Å². The van der Waals surface area contributed by atoms with Crippen LogP contribution in [-0.2, 0) is 16.0 Å². The summed E-state index contributed by atoms with van der Waals surface area (Å²) < 4.78 is 5.75. The minimum atomic E-state index is -0.484. The normalized spacial score (nSPS) is 22.6. The number of hydrogen-bond donors (Lipinski definition) is 2. The predicted octanol–water partition coefficient (Wildman–Crippen LogP) is 2.75. The first-order valence-corrected chi connectivity index (χ1v) is 8.49. The number of rotatable bonds is 4. The van der Waals surface area contributed by atoms with E-state index in [-0.39, 0.29) is 24.4 Å². The highest BCUT2D eigenvalue weighted by Gasteiger charge is 2.31. The Hall–Kier alpha value is -1.10. The first kappa shape index (κ1) is 18.2. The second-order valence-corrected chi connectivity index (χ2v) is 6.45. The van der Waals surface area contributed by atoms with Crippen molar-refractivity contribution in [2.75, 3.05) is 13.2 Å². The number of nitrogens with one attached hydrogen (secondary N) is 1. The van der Waals surface area contributed by atoms with Gasteiger partial charge in [-0.2, -0.15) is 0 Å². The molecule has 1 amide bonds. The average molecular weight is 339 g/mol. The van der Waals surface area contributed by atoms with Crippen molar-refractivity contribution in [1.29, 1.82) is 0 Å². The van der Waals surface area contributed by atoms with E-state index in [1.165, 1.54) is 37.7 Å². The average Bonchev–Trinajstić information content (AvgIpc) is 2.59. The molecule has 2 unspecified atom stereocenters. The summed E-state index contributed by atoms with van der Waals surface area (Å²) >= 11 is 0. The van der Waals surface area contributed by atoms with E-state index in [1.807, 2.05) is 18.2 Å². The minimum absolute atomic E-state index is 0. The zero-order valence-electron chi connectivity index (χ0n) is 13.5. The van der Waals surface area contributed by atoms with Crippen molar-refractivity contribution in [3.8, 4) is 0 Å². The first-order valence-electron chi connectivity index (χ1n) is 8.49. The van der Waals surface area contributed by atoms with E-state index in [0.29, 0.717) is 19.1 Å². The van der Waals surface area contributed by atoms with E-state index in [0.717, 1.165) is 12.0 Å². The number of halogens is 1. The summed E-state index contributed by atoms with van der Waals surface area (Å²) in [6.07, 6.45) is 6.54. The van der Waals surface area contributed by atoms with Gasteiger partial charge in [-0.15, -0.1) is 12.4 Å². The van der Waals surface area contributed by atoms with Crippen LogP contribution in [0.4, 0.5) is 0 Å². The van der Waals surface area contributed by atoms with Gasteiger partial charge in [0.15, 0.2) is 6.10 Å². The number of fused-ring (bicyclic) bond motifs is 1. The lowest BCUT2D eigenvalue weighted by atomic mass is 9.83. The number of hydrogen-bond acceptors (Lipinski definition) is 3. The van der Waals surface area contributed by atoms with Gasteiger partial charge in [0.25, 0.3) is 5.91 Å². The molecular weight excluding hydrogens is 312 g/mol. The van der Waals surface area contributed by atoms with E-state index >= 15 is 0 Å². The van der Waals surface area contributed by atoms with Crippen LogP contribution in [0.3, 0.4) is 0 Å². The van der Waals surface area contributed by atoms with Crippen LogP contribution >= 0.6 is 12.4 Å². The van der Waals surface area contributed by atoms with E-state index in [4.69, 9.17) is 10.5 Å². The molecule has 1 aromatic carbocycles. The zero-order valence-corrected chi connectivity index (χ0v) is 14.3. The van der Waals surface area contributed by atoms with E-state index in [1.54, 1.807) is 0 Å². The highest BCUT2D eigenvalue weighted by molar-refractivity contribution is 5.85. The number of ether oxygens (including phenoxy) is 1. The van der Waals surface area contributed by atoms with E-state index in [2.05, 4.69) is 11.4 Å². The molecule has 2 atom stereocenters. The lowest BCUT2D eigenvalue weighted by Crippen LogP contribution is -2.48. The van der Waals surface area contributed by atoms with Crippen LogP contribution in [0.15, 0.2) is 24.3 Å². The van der Waals surface area contributed by atoms with Gasteiger partial charge >= 0.3 is 0 Å². The molecule has 3 rings (SSSR count). The maximum absolute atomic E-state index is 12.7. The maximum atomic E-state index is 12.7. The van der Waals surface area contributed by atoms with Gasteiger partial charge in [0.1, 0.15) is 0 Å². The Morgan fingerprint density at radius 2 is 2.00 bits per heavy atom. The molecule has 0 aromatic heterocycles. The molecule has 3 N–H and O–H groups in total. The second-order valence-electron chi connectivity index (χ2n) is 6.45. The molecule has 1 heterocycles. The van der Waals surface area contributed by atoms with Crippen LogP contribution in [0.1, 0.15) is 49.3 Å². The fraction of sp³-hybridized carbons (Fsp3) is 0.611. The first-order chi connectivity index (χ1) is 10.8. The van der Waals surface area contributed by atoms with Crippen molar-refractivity contribution >= 4 is 18.3 Å². The Morgan fingerprint density at radius 3 is 2.74 bits per heavy atom. The van der Waals surface area contributed by atoms with Crippen molar-refractivity contribution in [3.63, 3.8) is 0 Å². The molecule has 0 spiro atoms. The number of nitrogens with two attached hydrogens (primary N) is 1. The Kier molecular flexibility index (Phi) is 6.88. The van der Waals surface area contributed by atoms with Crippen LogP contribution in [0.2, 0.25) is 0 Å². The van der Waals surface area contributed by atoms with Crippen LogP contribution in [0, 0.1) is 5.92 Å². The van der Waals surface area contributed by atoms with Crippen LogP contribution < -0.4 is 11.1 Å². The third-order valence-corrected chi connectivity index (χ3v) is 5.03. The smallest absolute Gasteiger partial charge is 0.254 e. The summed E-state index contributed by atoms with van der Waals surface area (Å²) in [6, 6.07) is 8.14. The SMILES string of the molecule is Cl.NCC(NC(=O)C1OCCc2ccccc21)C1CCCCC1. The van der Waals surface area contributed by atoms with Crippen LogP contribution in [-0.4, -0.2) is 25.1 Å². The van der Waals surface area contributed by atoms with Gasteiger partial charge in [-0.1, -0.05) is 43.5 Å². The molecule has 5 heteroatoms. The zero-order chi connectivity index (χ0) is 15.4. The van der Waals surface area contributed by atoms with Gasteiger partial charge in [0, 0.05) is 12.6 Å². The Bertz CT molecular complexity index is 517. The second kappa shape index (κ2) is 8.67. The van der Waals surface area contributed by atoms with Crippen molar-refractivity contribution in [2.24, 2.45) is 11.7 Å². The molecule has 0 saturated heterocycles. The van der Waals surface area contributed by atoms with Gasteiger partial charge in [-0.3, -0.25) is 4.79 Å². The largest absolute Gasteiger partial charge is 0.363 e. The minimum Gasteiger partial charge on any atom is -0.363 e. The topological polar surface area (TPSA) is 64.3 Å². The lowest BCUT2D eigenvalue weighted by Gasteiger charge is -2.32. The standard InChI is InChI=1S/C18H26N2O2.ClH/c19-12-16(14-7-2-1-3-8-14)20-18(21)17-15-9-5-4-6-13(15)10-11-22-17;/h4-6,9,14,16-17H,1-3,7-8,10-12,19H2,(H,20,21);1H. The molecule has 23 heavy (non-hydrogen) atoms. The Labute approximate surface area is 144 Å². The van der Waals surface area contributed by atoms with Crippen molar-refractivity contribution in [2.45, 2.75) is 50.7 Å². The van der Waals surface area contributed by atoms with Crippen LogP contribution in [0.5, 0.6) is 0 Å². The summed E-state index contributed by atoms with van der Waals surface area (Å²) in [5.41, 5.74) is 8.14. The fourth-order valence-corrected chi connectivity index (χ4v) is 3.78. The van der Waals surface area contributed by atoms with Gasteiger partial charge < -0.3 is 15.8 Å². The molecule has 1 saturated carbocycles. The van der Waals surface area contributed by atoms with Gasteiger partial charge in [-0.05, 0) is 36.3 Å². The fourth-order valence-electron chi connectivity index (χ4n) is 3.78. The molecule has 0 bridgehead atoms. The lowest BCUT2D eigenvalue weighted by molar-refractivity contribution is -0.135. The maximum Gasteiger partial charge on any atom is 0.254 e. The van der Waals surface area contributed by atoms with E-state index in [9.17, 15) is 4.79 Å². The number of amides is 1. The molecule has 1 aliphatic heterocycles. The molecule has 4 nitrogen and oxygen atoms in total. The molecule has 0 radical (unpaired) electrons. The summed E-state index contributed by atoms with van der Waals surface area (Å²) in [5.74, 6) is 0.481. The Balaban J connectivity index is 0.00000192. The summed E-state index contributed by atoms with van der Waals surface area (Å²) in [5, 5.41) is 3.16. The van der Waals surface area contributed by atoms with E-state index < -0.39 is 6.10 Å². The van der Waals surface area contributed by atoms with Crippen molar-refractivity contribution < 1.29 is 9.53 Å². The van der Waals surface area contributed by atoms with Crippen molar-refractivity contribution in [1.82, 2.24) is 5.32 Å². The number of benzene rings is 1. The molecular formula is C18H27ClN2O2. The summed E-state index contributed by atoms with van der Waals surface area (Å²) in [7, 11) is 0. The van der Waals surface area contributed by atoms with Gasteiger partial charge in [0.2, 0.25) is 0 Å². The highest BCUT2D eigenvalue weighted by Crippen LogP contribution is 2.29. The Morgan fingerprint density at radius 1 is 1.26 bits per heavy atom. The molecule has 128 valence electrons. The third-order valence-electron chi connectivity index (χ3n) is 5.03. The molecule has 2 aliphatic rings. The number of carbonyl (C=O) groups excluding carboxylic acids is 1. The summed E-state index contributed by atoms with van der Waals surface area (Å²) in [4.78, 5) is 12.7. The summed E-state index contributed by atoms with van der Waals surface area (Å²) in [6.45, 7) is 1.11. The molecule has 1 aliphatic carbocycles.